The Morgan fingerprint density at radius 1 is 1.30 bits per heavy atom. The quantitative estimate of drug-likeness (QED) is 0.608. The lowest BCUT2D eigenvalue weighted by Gasteiger charge is -2.38. The highest BCUT2D eigenvalue weighted by molar-refractivity contribution is 6.30. The van der Waals surface area contributed by atoms with E-state index in [4.69, 9.17) is 21.1 Å². The predicted molar refractivity (Wildman–Crippen MR) is 113 cm³/mol. The number of aryl methyl sites for hydroxylation is 1. The van der Waals surface area contributed by atoms with Gasteiger partial charge in [0.05, 0.1) is 29.4 Å². The highest BCUT2D eigenvalue weighted by Crippen LogP contribution is 2.54. The molecule has 2 atom stereocenters. The van der Waals surface area contributed by atoms with Crippen LogP contribution in [0.5, 0.6) is 0 Å². The van der Waals surface area contributed by atoms with Crippen LogP contribution in [0.2, 0.25) is 5.02 Å². The molecule has 2 fully saturated rings. The fourth-order valence-corrected chi connectivity index (χ4v) is 5.27. The summed E-state index contributed by atoms with van der Waals surface area (Å²) >= 11 is 6.03. The minimum Gasteiger partial charge on any atom is -0.435 e. The average molecular weight is 431 g/mol. The van der Waals surface area contributed by atoms with E-state index in [0.29, 0.717) is 11.4 Å². The number of Topliss-reactive ketones (excluding diaryl/α,β-unsaturated/α-hetero) is 1. The molecule has 2 saturated carbocycles. The molecule has 2 unspecified atom stereocenters. The smallest absolute Gasteiger partial charge is 0.435 e. The lowest BCUT2D eigenvalue weighted by molar-refractivity contribution is -0.119. The van der Waals surface area contributed by atoms with Crippen LogP contribution >= 0.6 is 11.6 Å². The van der Waals surface area contributed by atoms with Crippen molar-refractivity contribution < 1.29 is 19.1 Å². The summed E-state index contributed by atoms with van der Waals surface area (Å²) in [5.41, 5.74) is 2.38. The van der Waals surface area contributed by atoms with Crippen molar-refractivity contribution in [3.8, 4) is 5.69 Å². The van der Waals surface area contributed by atoms with Crippen molar-refractivity contribution in [2.45, 2.75) is 64.4 Å². The molecule has 0 bridgehead atoms. The van der Waals surface area contributed by atoms with Crippen molar-refractivity contribution in [3.05, 3.63) is 46.7 Å². The third-order valence-corrected chi connectivity index (χ3v) is 6.72. The van der Waals surface area contributed by atoms with Gasteiger partial charge in [-0.3, -0.25) is 4.79 Å². The fourth-order valence-electron chi connectivity index (χ4n) is 5.13. The standard InChI is InChI=1S/C23H27ClN2O4/c1-3-29-22(28)30-21-20(19(27)12-23(21)9-5-4-6-10-23)18-11-17(8-7-15(18)2)26-14-16(24)13-25-26/h7-8,11,13-14,20-21H,3-6,9-10,12H2,1-2H3. The van der Waals surface area contributed by atoms with Crippen molar-refractivity contribution in [1.82, 2.24) is 9.78 Å². The summed E-state index contributed by atoms with van der Waals surface area (Å²) in [6.07, 6.45) is 7.58. The second-order valence-corrected chi connectivity index (χ2v) is 8.85. The van der Waals surface area contributed by atoms with Crippen LogP contribution in [-0.4, -0.2) is 34.4 Å². The zero-order valence-electron chi connectivity index (χ0n) is 17.4. The SMILES string of the molecule is CCOC(=O)OC1C(c2cc(-n3cc(Cl)cn3)ccc2C)C(=O)CC12CCCCC2. The van der Waals surface area contributed by atoms with Crippen LogP contribution in [0.4, 0.5) is 4.79 Å². The van der Waals surface area contributed by atoms with Crippen molar-refractivity contribution >= 4 is 23.5 Å². The van der Waals surface area contributed by atoms with E-state index in [0.717, 1.165) is 48.9 Å². The van der Waals surface area contributed by atoms with Gasteiger partial charge in [-0.2, -0.15) is 5.10 Å². The highest BCUT2D eigenvalue weighted by Gasteiger charge is 2.56. The number of hydrogen-bond donors (Lipinski definition) is 0. The van der Waals surface area contributed by atoms with Gasteiger partial charge < -0.3 is 9.47 Å². The van der Waals surface area contributed by atoms with Gasteiger partial charge in [0.15, 0.2) is 0 Å². The first kappa shape index (κ1) is 20.9. The second kappa shape index (κ2) is 8.42. The third kappa shape index (κ3) is 3.85. The lowest BCUT2D eigenvalue weighted by Crippen LogP contribution is -2.39. The van der Waals surface area contributed by atoms with Crippen LogP contribution in [0.15, 0.2) is 30.6 Å². The molecule has 160 valence electrons. The normalized spacial score (nSPS) is 23.0. The van der Waals surface area contributed by atoms with Gasteiger partial charge in [-0.1, -0.05) is 36.9 Å². The summed E-state index contributed by atoms with van der Waals surface area (Å²) in [6, 6.07) is 5.88. The van der Waals surface area contributed by atoms with E-state index in [9.17, 15) is 9.59 Å². The summed E-state index contributed by atoms with van der Waals surface area (Å²) in [5.74, 6) is -0.372. The van der Waals surface area contributed by atoms with E-state index >= 15 is 0 Å². The first-order valence-electron chi connectivity index (χ1n) is 10.6. The monoisotopic (exact) mass is 430 g/mol. The maximum absolute atomic E-state index is 13.3. The molecule has 2 aromatic rings. The molecule has 1 aromatic carbocycles. The number of ether oxygens (including phenoxy) is 2. The molecule has 2 aliphatic rings. The van der Waals surface area contributed by atoms with Crippen LogP contribution in [0.3, 0.4) is 0 Å². The van der Waals surface area contributed by atoms with Crippen LogP contribution < -0.4 is 0 Å². The Bertz CT molecular complexity index is 948. The molecule has 1 heterocycles. The molecule has 30 heavy (non-hydrogen) atoms. The van der Waals surface area contributed by atoms with Crippen molar-refractivity contribution in [2.75, 3.05) is 6.61 Å². The number of carbonyl (C=O) groups excluding carboxylic acids is 2. The van der Waals surface area contributed by atoms with E-state index < -0.39 is 18.2 Å². The minimum absolute atomic E-state index is 0.130. The van der Waals surface area contributed by atoms with E-state index in [1.165, 1.54) is 0 Å². The number of nitrogens with zero attached hydrogens (tertiary/aromatic N) is 2. The molecule has 4 rings (SSSR count). The van der Waals surface area contributed by atoms with Crippen LogP contribution in [0, 0.1) is 12.3 Å². The minimum atomic E-state index is -0.695. The molecule has 0 radical (unpaired) electrons. The molecule has 7 heteroatoms. The molecule has 2 aliphatic carbocycles. The van der Waals surface area contributed by atoms with Gasteiger partial charge in [-0.15, -0.1) is 0 Å². The number of ketones is 1. The molecule has 0 N–H and O–H groups in total. The zero-order valence-corrected chi connectivity index (χ0v) is 18.2. The Kier molecular flexibility index (Phi) is 5.87. The molecule has 6 nitrogen and oxygen atoms in total. The number of benzene rings is 1. The number of aromatic nitrogens is 2. The Labute approximate surface area is 181 Å². The Morgan fingerprint density at radius 2 is 2.07 bits per heavy atom. The molecule has 1 spiro atoms. The molecular formula is C23H27ClN2O4. The molecule has 0 saturated heterocycles. The van der Waals surface area contributed by atoms with Gasteiger partial charge in [0.2, 0.25) is 0 Å². The predicted octanol–water partition coefficient (Wildman–Crippen LogP) is 5.38. The Morgan fingerprint density at radius 3 is 2.73 bits per heavy atom. The van der Waals surface area contributed by atoms with Gasteiger partial charge in [0.25, 0.3) is 0 Å². The van der Waals surface area contributed by atoms with Gasteiger partial charge in [-0.25, -0.2) is 9.48 Å². The topological polar surface area (TPSA) is 70.4 Å². The molecule has 0 aliphatic heterocycles. The molecule has 1 aromatic heterocycles. The zero-order chi connectivity index (χ0) is 21.3. The fraction of sp³-hybridized carbons (Fsp3) is 0.522. The summed E-state index contributed by atoms with van der Waals surface area (Å²) < 4.78 is 12.6. The maximum atomic E-state index is 13.3. The Balaban J connectivity index is 1.75. The van der Waals surface area contributed by atoms with E-state index in [2.05, 4.69) is 5.10 Å². The largest absolute Gasteiger partial charge is 0.508 e. The Hall–Kier alpha value is -2.34. The average Bonchev–Trinajstić information content (AvgIpc) is 3.25. The number of carbonyl (C=O) groups is 2. The second-order valence-electron chi connectivity index (χ2n) is 8.41. The van der Waals surface area contributed by atoms with Crippen LogP contribution in [0.1, 0.15) is 62.5 Å². The van der Waals surface area contributed by atoms with Crippen molar-refractivity contribution in [3.63, 3.8) is 0 Å². The third-order valence-electron chi connectivity index (χ3n) is 6.53. The van der Waals surface area contributed by atoms with E-state index in [1.54, 1.807) is 24.0 Å². The maximum Gasteiger partial charge on any atom is 0.508 e. The molecule has 0 amide bonds. The number of hydrogen-bond acceptors (Lipinski definition) is 5. The number of rotatable bonds is 4. The van der Waals surface area contributed by atoms with Crippen LogP contribution in [0.25, 0.3) is 5.69 Å². The van der Waals surface area contributed by atoms with Gasteiger partial charge in [-0.05, 0) is 49.9 Å². The lowest BCUT2D eigenvalue weighted by atomic mass is 9.70. The van der Waals surface area contributed by atoms with Crippen LogP contribution in [-0.2, 0) is 14.3 Å². The van der Waals surface area contributed by atoms with Crippen molar-refractivity contribution in [1.29, 1.82) is 0 Å². The van der Waals surface area contributed by atoms with E-state index in [1.807, 2.05) is 25.1 Å². The summed E-state index contributed by atoms with van der Waals surface area (Å²) in [6.45, 7) is 3.97. The first-order valence-corrected chi connectivity index (χ1v) is 11.0. The summed E-state index contributed by atoms with van der Waals surface area (Å²) in [7, 11) is 0. The first-order chi connectivity index (χ1) is 14.4. The van der Waals surface area contributed by atoms with E-state index in [-0.39, 0.29) is 17.8 Å². The highest BCUT2D eigenvalue weighted by atomic mass is 35.5. The van der Waals surface area contributed by atoms with Gasteiger partial charge >= 0.3 is 6.16 Å². The summed E-state index contributed by atoms with van der Waals surface area (Å²) in [4.78, 5) is 25.6. The number of halogens is 1. The molecular weight excluding hydrogens is 404 g/mol. The van der Waals surface area contributed by atoms with Gasteiger partial charge in [0.1, 0.15) is 11.9 Å². The van der Waals surface area contributed by atoms with Crippen molar-refractivity contribution in [2.24, 2.45) is 5.41 Å². The van der Waals surface area contributed by atoms with Gasteiger partial charge in [0, 0.05) is 18.0 Å². The summed E-state index contributed by atoms with van der Waals surface area (Å²) in [5, 5.41) is 4.81.